The summed E-state index contributed by atoms with van der Waals surface area (Å²) in [6.45, 7) is 2.70. The van der Waals surface area contributed by atoms with Crippen LogP contribution < -0.4 is 0 Å². The molecule has 52 valence electrons. The summed E-state index contributed by atoms with van der Waals surface area (Å²) in [5.74, 6) is -0.217. The van der Waals surface area contributed by atoms with Gasteiger partial charge in [-0.15, -0.1) is 0 Å². The van der Waals surface area contributed by atoms with Gasteiger partial charge in [0.25, 0.3) is 0 Å². The quantitative estimate of drug-likeness (QED) is 0.480. The molecule has 3 nitrogen and oxygen atoms in total. The van der Waals surface area contributed by atoms with Crippen LogP contribution in [0.25, 0.3) is 0 Å². The van der Waals surface area contributed by atoms with Crippen molar-refractivity contribution in [3.8, 4) is 0 Å². The first kappa shape index (κ1) is 6.55. The average molecular weight is 130 g/mol. The Morgan fingerprint density at radius 2 is 2.56 bits per heavy atom. The van der Waals surface area contributed by atoms with Crippen LogP contribution in [-0.4, -0.2) is 25.3 Å². The molecule has 0 radical (unpaired) electrons. The highest BCUT2D eigenvalue weighted by atomic mass is 16.6. The molecule has 0 aromatic carbocycles. The molecule has 9 heavy (non-hydrogen) atoms. The van der Waals surface area contributed by atoms with E-state index in [0.717, 1.165) is 13.0 Å². The zero-order valence-electron chi connectivity index (χ0n) is 5.42. The Labute approximate surface area is 53.9 Å². The van der Waals surface area contributed by atoms with Crippen LogP contribution in [0.1, 0.15) is 13.3 Å². The number of carbonyl (C=O) groups is 1. The smallest absolute Gasteiger partial charge is 0.302 e. The molecule has 0 aliphatic carbocycles. The normalized spacial score (nSPS) is 26.1. The SMILES string of the molecule is CC(=O)O[C@@H]1CCOC1. The van der Waals surface area contributed by atoms with E-state index in [2.05, 4.69) is 0 Å². The van der Waals surface area contributed by atoms with E-state index in [1.165, 1.54) is 6.92 Å². The molecule has 0 amide bonds. The van der Waals surface area contributed by atoms with Gasteiger partial charge in [0.1, 0.15) is 6.10 Å². The minimum atomic E-state index is -0.217. The molecule has 1 rings (SSSR count). The van der Waals surface area contributed by atoms with Crippen LogP contribution in [0.5, 0.6) is 0 Å². The second kappa shape index (κ2) is 2.82. The van der Waals surface area contributed by atoms with E-state index < -0.39 is 0 Å². The fourth-order valence-corrected chi connectivity index (χ4v) is 0.841. The summed E-state index contributed by atoms with van der Waals surface area (Å²) < 4.78 is 9.83. The van der Waals surface area contributed by atoms with Gasteiger partial charge in [-0.1, -0.05) is 0 Å². The molecule has 0 aromatic heterocycles. The van der Waals surface area contributed by atoms with Crippen LogP contribution in [0.2, 0.25) is 0 Å². The Bertz CT molecular complexity index is 105. The number of esters is 1. The topological polar surface area (TPSA) is 35.5 Å². The number of hydrogen-bond acceptors (Lipinski definition) is 3. The molecule has 1 atom stereocenters. The van der Waals surface area contributed by atoms with Gasteiger partial charge in [0, 0.05) is 13.3 Å². The Morgan fingerprint density at radius 3 is 3.00 bits per heavy atom. The zero-order chi connectivity index (χ0) is 6.69. The molecule has 0 unspecified atom stereocenters. The summed E-state index contributed by atoms with van der Waals surface area (Å²) in [5.41, 5.74) is 0. The predicted octanol–water partition coefficient (Wildman–Crippen LogP) is 0.338. The van der Waals surface area contributed by atoms with Gasteiger partial charge < -0.3 is 9.47 Å². The van der Waals surface area contributed by atoms with Gasteiger partial charge >= 0.3 is 5.97 Å². The molecule has 0 saturated carbocycles. The van der Waals surface area contributed by atoms with E-state index in [1.54, 1.807) is 0 Å². The molecule has 1 fully saturated rings. The van der Waals surface area contributed by atoms with Crippen molar-refractivity contribution in [1.29, 1.82) is 0 Å². The lowest BCUT2D eigenvalue weighted by Gasteiger charge is -2.05. The molecule has 0 aromatic rings. The lowest BCUT2D eigenvalue weighted by atomic mass is 10.3. The number of ether oxygens (including phenoxy) is 2. The van der Waals surface area contributed by atoms with E-state index in [0.29, 0.717) is 6.61 Å². The molecule has 0 spiro atoms. The standard InChI is InChI=1S/C6H10O3/c1-5(7)9-6-2-3-8-4-6/h6H,2-4H2,1H3/t6-/m1/s1. The van der Waals surface area contributed by atoms with Gasteiger partial charge in [0.15, 0.2) is 0 Å². The summed E-state index contributed by atoms with van der Waals surface area (Å²) >= 11 is 0. The minimum absolute atomic E-state index is 0.0162. The third-order valence-corrected chi connectivity index (χ3v) is 1.22. The van der Waals surface area contributed by atoms with Crippen LogP contribution >= 0.6 is 0 Å². The fraction of sp³-hybridized carbons (Fsp3) is 0.833. The van der Waals surface area contributed by atoms with Crippen molar-refractivity contribution in [3.05, 3.63) is 0 Å². The number of hydrogen-bond donors (Lipinski definition) is 0. The monoisotopic (exact) mass is 130 g/mol. The third kappa shape index (κ3) is 2.01. The van der Waals surface area contributed by atoms with Gasteiger partial charge in [0.05, 0.1) is 13.2 Å². The van der Waals surface area contributed by atoms with Crippen molar-refractivity contribution in [3.63, 3.8) is 0 Å². The molecule has 1 saturated heterocycles. The molecule has 0 N–H and O–H groups in total. The predicted molar refractivity (Wildman–Crippen MR) is 31.0 cm³/mol. The first-order chi connectivity index (χ1) is 4.29. The highest BCUT2D eigenvalue weighted by Gasteiger charge is 2.17. The van der Waals surface area contributed by atoms with Crippen LogP contribution in [-0.2, 0) is 14.3 Å². The number of carbonyl (C=O) groups excluding carboxylic acids is 1. The zero-order valence-corrected chi connectivity index (χ0v) is 5.42. The van der Waals surface area contributed by atoms with E-state index >= 15 is 0 Å². The maximum atomic E-state index is 10.3. The van der Waals surface area contributed by atoms with Crippen molar-refractivity contribution in [1.82, 2.24) is 0 Å². The lowest BCUT2D eigenvalue weighted by molar-refractivity contribution is -0.146. The first-order valence-corrected chi connectivity index (χ1v) is 3.04. The molecule has 1 aliphatic rings. The lowest BCUT2D eigenvalue weighted by Crippen LogP contribution is -2.15. The Balaban J connectivity index is 2.19. The van der Waals surface area contributed by atoms with Gasteiger partial charge in [-0.05, 0) is 0 Å². The van der Waals surface area contributed by atoms with Crippen molar-refractivity contribution in [2.24, 2.45) is 0 Å². The molecule has 1 aliphatic heterocycles. The highest BCUT2D eigenvalue weighted by molar-refractivity contribution is 5.66. The highest BCUT2D eigenvalue weighted by Crippen LogP contribution is 2.07. The summed E-state index contributed by atoms with van der Waals surface area (Å²) in [6, 6.07) is 0. The third-order valence-electron chi connectivity index (χ3n) is 1.22. The van der Waals surface area contributed by atoms with Crippen LogP contribution in [0.15, 0.2) is 0 Å². The van der Waals surface area contributed by atoms with E-state index in [4.69, 9.17) is 9.47 Å². The largest absolute Gasteiger partial charge is 0.460 e. The summed E-state index contributed by atoms with van der Waals surface area (Å²) in [5, 5.41) is 0. The van der Waals surface area contributed by atoms with Gasteiger partial charge in [-0.2, -0.15) is 0 Å². The van der Waals surface area contributed by atoms with E-state index in [1.807, 2.05) is 0 Å². The molecular formula is C6H10O3. The summed E-state index contributed by atoms with van der Waals surface area (Å²) in [4.78, 5) is 10.3. The van der Waals surface area contributed by atoms with Gasteiger partial charge in [0.2, 0.25) is 0 Å². The van der Waals surface area contributed by atoms with Crippen molar-refractivity contribution >= 4 is 5.97 Å². The Morgan fingerprint density at radius 1 is 1.78 bits per heavy atom. The summed E-state index contributed by atoms with van der Waals surface area (Å²) in [6.07, 6.45) is 0.863. The fourth-order valence-electron chi connectivity index (χ4n) is 0.841. The Hall–Kier alpha value is -0.570. The second-order valence-electron chi connectivity index (χ2n) is 2.10. The second-order valence-corrected chi connectivity index (χ2v) is 2.10. The molecule has 1 heterocycles. The van der Waals surface area contributed by atoms with Crippen molar-refractivity contribution < 1.29 is 14.3 Å². The molecular weight excluding hydrogens is 120 g/mol. The Kier molecular flexibility index (Phi) is 2.05. The summed E-state index contributed by atoms with van der Waals surface area (Å²) in [7, 11) is 0. The first-order valence-electron chi connectivity index (χ1n) is 3.04. The van der Waals surface area contributed by atoms with E-state index in [-0.39, 0.29) is 12.1 Å². The van der Waals surface area contributed by atoms with Crippen molar-refractivity contribution in [2.75, 3.05) is 13.2 Å². The van der Waals surface area contributed by atoms with E-state index in [9.17, 15) is 4.79 Å². The van der Waals surface area contributed by atoms with Gasteiger partial charge in [-0.3, -0.25) is 4.79 Å². The maximum absolute atomic E-state index is 10.3. The average Bonchev–Trinajstić information content (AvgIpc) is 2.15. The van der Waals surface area contributed by atoms with Crippen molar-refractivity contribution in [2.45, 2.75) is 19.4 Å². The maximum Gasteiger partial charge on any atom is 0.302 e. The van der Waals surface area contributed by atoms with Crippen LogP contribution in [0, 0.1) is 0 Å². The molecule has 3 heteroatoms. The van der Waals surface area contributed by atoms with Gasteiger partial charge in [-0.25, -0.2) is 0 Å². The van der Waals surface area contributed by atoms with Crippen LogP contribution in [0.3, 0.4) is 0 Å². The molecule has 0 bridgehead atoms. The van der Waals surface area contributed by atoms with Crippen LogP contribution in [0.4, 0.5) is 0 Å². The minimum Gasteiger partial charge on any atom is -0.460 e. The number of rotatable bonds is 1.